The molecule has 0 amide bonds. The summed E-state index contributed by atoms with van der Waals surface area (Å²) in [5.41, 5.74) is 1.93. The summed E-state index contributed by atoms with van der Waals surface area (Å²) >= 11 is 3.41. The van der Waals surface area contributed by atoms with Gasteiger partial charge in [0.15, 0.2) is 0 Å². The van der Waals surface area contributed by atoms with Crippen molar-refractivity contribution < 1.29 is 4.74 Å². The third-order valence-corrected chi connectivity index (χ3v) is 2.60. The first-order chi connectivity index (χ1) is 7.65. The Bertz CT molecular complexity index is 514. The molecule has 0 saturated heterocycles. The van der Waals surface area contributed by atoms with Gasteiger partial charge in [0.05, 0.1) is 0 Å². The first kappa shape index (κ1) is 11.1. The van der Waals surface area contributed by atoms with Crippen LogP contribution in [0.25, 0.3) is 0 Å². The molecule has 0 unspecified atom stereocenters. The lowest BCUT2D eigenvalue weighted by Crippen LogP contribution is -1.94. The summed E-state index contributed by atoms with van der Waals surface area (Å²) in [6.45, 7) is 3.89. The van der Waals surface area contributed by atoms with Gasteiger partial charge in [-0.15, -0.1) is 0 Å². The number of aryl methyl sites for hydroxylation is 2. The van der Waals surface area contributed by atoms with Crippen LogP contribution < -0.4 is 4.74 Å². The average Bonchev–Trinajstić information content (AvgIpc) is 2.22. The molecule has 16 heavy (non-hydrogen) atoms. The van der Waals surface area contributed by atoms with E-state index in [1.807, 2.05) is 38.1 Å². The van der Waals surface area contributed by atoms with Crippen LogP contribution in [0.5, 0.6) is 11.8 Å². The Kier molecular flexibility index (Phi) is 3.19. The van der Waals surface area contributed by atoms with E-state index in [1.54, 1.807) is 6.20 Å². The lowest BCUT2D eigenvalue weighted by molar-refractivity contribution is 0.437. The summed E-state index contributed by atoms with van der Waals surface area (Å²) in [4.78, 5) is 8.24. The van der Waals surface area contributed by atoms with Crippen LogP contribution in [-0.2, 0) is 0 Å². The first-order valence-electron chi connectivity index (χ1n) is 4.89. The molecule has 0 radical (unpaired) electrons. The van der Waals surface area contributed by atoms with Crippen LogP contribution in [-0.4, -0.2) is 9.97 Å². The predicted octanol–water partition coefficient (Wildman–Crippen LogP) is 3.65. The Morgan fingerprint density at radius 2 is 2.00 bits per heavy atom. The van der Waals surface area contributed by atoms with Crippen molar-refractivity contribution in [1.29, 1.82) is 0 Å². The lowest BCUT2D eigenvalue weighted by Gasteiger charge is -2.07. The van der Waals surface area contributed by atoms with Crippen molar-refractivity contribution >= 4 is 15.9 Å². The molecule has 0 spiro atoms. The summed E-state index contributed by atoms with van der Waals surface area (Å²) < 4.78 is 6.63. The molecule has 0 atom stereocenters. The van der Waals surface area contributed by atoms with Gasteiger partial charge in [-0.05, 0) is 43.7 Å². The van der Waals surface area contributed by atoms with E-state index in [1.165, 1.54) is 0 Å². The van der Waals surface area contributed by atoms with Crippen molar-refractivity contribution in [1.82, 2.24) is 9.97 Å². The highest BCUT2D eigenvalue weighted by molar-refractivity contribution is 9.10. The molecule has 82 valence electrons. The number of hydrogen-bond donors (Lipinski definition) is 0. The molecule has 0 aliphatic rings. The van der Waals surface area contributed by atoms with Gasteiger partial charge in [0.25, 0.3) is 0 Å². The molecule has 0 bridgehead atoms. The second-order valence-corrected chi connectivity index (χ2v) is 4.41. The Labute approximate surface area is 103 Å². The third-order valence-electron chi connectivity index (χ3n) is 2.11. The van der Waals surface area contributed by atoms with Crippen molar-refractivity contribution in [2.24, 2.45) is 0 Å². The van der Waals surface area contributed by atoms with Gasteiger partial charge in [-0.25, -0.2) is 9.97 Å². The minimum atomic E-state index is 0.380. The fourth-order valence-electron chi connectivity index (χ4n) is 1.30. The molecule has 1 aromatic carbocycles. The summed E-state index contributed by atoms with van der Waals surface area (Å²) in [5.74, 6) is 0.772. The smallest absolute Gasteiger partial charge is 0.322 e. The summed E-state index contributed by atoms with van der Waals surface area (Å²) in [5, 5.41) is 0. The maximum atomic E-state index is 5.60. The van der Waals surface area contributed by atoms with Crippen molar-refractivity contribution in [3.63, 3.8) is 0 Å². The van der Waals surface area contributed by atoms with Crippen LogP contribution in [0.2, 0.25) is 0 Å². The predicted molar refractivity (Wildman–Crippen MR) is 65.7 cm³/mol. The maximum absolute atomic E-state index is 5.60. The normalized spacial score (nSPS) is 10.2. The van der Waals surface area contributed by atoms with Crippen LogP contribution in [0.3, 0.4) is 0 Å². The van der Waals surface area contributed by atoms with Crippen LogP contribution in [0, 0.1) is 13.8 Å². The van der Waals surface area contributed by atoms with E-state index in [2.05, 4.69) is 25.9 Å². The molecule has 1 aromatic heterocycles. The van der Waals surface area contributed by atoms with Gasteiger partial charge in [-0.3, -0.25) is 0 Å². The lowest BCUT2D eigenvalue weighted by atomic mass is 10.2. The maximum Gasteiger partial charge on any atom is 0.322 e. The largest absolute Gasteiger partial charge is 0.424 e. The van der Waals surface area contributed by atoms with Crippen LogP contribution in [0.4, 0.5) is 0 Å². The van der Waals surface area contributed by atoms with Crippen LogP contribution in [0.1, 0.15) is 11.3 Å². The van der Waals surface area contributed by atoms with E-state index in [4.69, 9.17) is 4.74 Å². The van der Waals surface area contributed by atoms with E-state index in [-0.39, 0.29) is 0 Å². The highest BCUT2D eigenvalue weighted by Crippen LogP contribution is 2.25. The molecule has 2 rings (SSSR count). The SMILES string of the molecule is Cc1ccnc(Oc2ccc(Br)cc2C)n1. The quantitative estimate of drug-likeness (QED) is 0.841. The van der Waals surface area contributed by atoms with E-state index in [9.17, 15) is 0 Å². The van der Waals surface area contributed by atoms with E-state index in [0.29, 0.717) is 6.01 Å². The molecule has 0 saturated carbocycles. The topological polar surface area (TPSA) is 35.0 Å². The highest BCUT2D eigenvalue weighted by atomic mass is 79.9. The van der Waals surface area contributed by atoms with Gasteiger partial charge in [0.2, 0.25) is 0 Å². The van der Waals surface area contributed by atoms with Gasteiger partial charge in [-0.1, -0.05) is 15.9 Å². The zero-order valence-corrected chi connectivity index (χ0v) is 10.7. The fraction of sp³-hybridized carbons (Fsp3) is 0.167. The standard InChI is InChI=1S/C12H11BrN2O/c1-8-7-10(13)3-4-11(8)16-12-14-6-5-9(2)15-12/h3-7H,1-2H3. The monoisotopic (exact) mass is 278 g/mol. The number of halogens is 1. The molecular formula is C12H11BrN2O. The molecule has 0 aliphatic heterocycles. The van der Waals surface area contributed by atoms with Gasteiger partial charge >= 0.3 is 6.01 Å². The Hall–Kier alpha value is -1.42. The van der Waals surface area contributed by atoms with E-state index >= 15 is 0 Å². The zero-order chi connectivity index (χ0) is 11.5. The molecule has 3 nitrogen and oxygen atoms in total. The minimum absolute atomic E-state index is 0.380. The molecule has 2 aromatic rings. The average molecular weight is 279 g/mol. The van der Waals surface area contributed by atoms with Crippen LogP contribution >= 0.6 is 15.9 Å². The second kappa shape index (κ2) is 4.61. The van der Waals surface area contributed by atoms with Crippen molar-refractivity contribution in [2.45, 2.75) is 13.8 Å². The summed E-state index contributed by atoms with van der Waals surface area (Å²) in [6, 6.07) is 8.03. The summed E-state index contributed by atoms with van der Waals surface area (Å²) in [7, 11) is 0. The molecule has 0 fully saturated rings. The van der Waals surface area contributed by atoms with Gasteiger partial charge in [0.1, 0.15) is 5.75 Å². The Morgan fingerprint density at radius 3 is 2.69 bits per heavy atom. The Morgan fingerprint density at radius 1 is 1.19 bits per heavy atom. The zero-order valence-electron chi connectivity index (χ0n) is 9.07. The summed E-state index contributed by atoms with van der Waals surface area (Å²) in [6.07, 6.45) is 1.69. The number of benzene rings is 1. The van der Waals surface area contributed by atoms with E-state index in [0.717, 1.165) is 21.5 Å². The van der Waals surface area contributed by atoms with Crippen LogP contribution in [0.15, 0.2) is 34.9 Å². The van der Waals surface area contributed by atoms with Crippen molar-refractivity contribution in [2.75, 3.05) is 0 Å². The van der Waals surface area contributed by atoms with Crippen molar-refractivity contribution in [3.8, 4) is 11.8 Å². The van der Waals surface area contributed by atoms with Gasteiger partial charge in [-0.2, -0.15) is 0 Å². The Balaban J connectivity index is 2.27. The number of hydrogen-bond acceptors (Lipinski definition) is 3. The van der Waals surface area contributed by atoms with Crippen molar-refractivity contribution in [3.05, 3.63) is 46.2 Å². The second-order valence-electron chi connectivity index (χ2n) is 3.49. The fourth-order valence-corrected chi connectivity index (χ4v) is 1.78. The molecule has 4 heteroatoms. The molecule has 0 aliphatic carbocycles. The van der Waals surface area contributed by atoms with Gasteiger partial charge < -0.3 is 4.74 Å². The van der Waals surface area contributed by atoms with Gasteiger partial charge in [0, 0.05) is 16.4 Å². The molecular weight excluding hydrogens is 268 g/mol. The third kappa shape index (κ3) is 2.58. The van der Waals surface area contributed by atoms with E-state index < -0.39 is 0 Å². The number of nitrogens with zero attached hydrogens (tertiary/aromatic N) is 2. The molecule has 0 N–H and O–H groups in total. The minimum Gasteiger partial charge on any atom is -0.424 e. The number of rotatable bonds is 2. The molecule has 1 heterocycles. The highest BCUT2D eigenvalue weighted by Gasteiger charge is 2.03. The first-order valence-corrected chi connectivity index (χ1v) is 5.68. The number of aromatic nitrogens is 2. The number of ether oxygens (including phenoxy) is 1.